The van der Waals surface area contributed by atoms with Crippen molar-refractivity contribution in [3.8, 4) is 28.4 Å². The minimum absolute atomic E-state index is 0.252. The molecule has 0 radical (unpaired) electrons. The van der Waals surface area contributed by atoms with Gasteiger partial charge in [0.25, 0.3) is 0 Å². The number of nitrogens with zero attached hydrogens (tertiary/aromatic N) is 2. The van der Waals surface area contributed by atoms with E-state index in [1.165, 1.54) is 30.7 Å². The molecule has 0 spiro atoms. The van der Waals surface area contributed by atoms with Crippen molar-refractivity contribution in [2.24, 2.45) is 0 Å². The Bertz CT molecular complexity index is 1030. The first kappa shape index (κ1) is 22.0. The lowest BCUT2D eigenvalue weighted by Gasteiger charge is -2.14. The van der Waals surface area contributed by atoms with E-state index in [1.54, 1.807) is 37.4 Å². The average Bonchev–Trinajstić information content (AvgIpc) is 3.19. The molecule has 0 aliphatic rings. The summed E-state index contributed by atoms with van der Waals surface area (Å²) in [7, 11) is 4.53. The zero-order valence-electron chi connectivity index (χ0n) is 16.9. The van der Waals surface area contributed by atoms with Gasteiger partial charge in [-0.3, -0.25) is 0 Å². The highest BCUT2D eigenvalue weighted by Gasteiger charge is 2.35. The lowest BCUT2D eigenvalue weighted by atomic mass is 10.1. The van der Waals surface area contributed by atoms with E-state index in [4.69, 9.17) is 14.2 Å². The van der Waals surface area contributed by atoms with Gasteiger partial charge in [-0.25, -0.2) is 4.68 Å². The van der Waals surface area contributed by atoms with Gasteiger partial charge < -0.3 is 14.2 Å². The predicted molar refractivity (Wildman–Crippen MR) is 110 cm³/mol. The van der Waals surface area contributed by atoms with Crippen molar-refractivity contribution in [1.29, 1.82) is 0 Å². The van der Waals surface area contributed by atoms with Gasteiger partial charge in [0, 0.05) is 23.6 Å². The first-order valence-corrected chi connectivity index (χ1v) is 10.1. The number of methoxy groups -OCH3 is 3. The van der Waals surface area contributed by atoms with Gasteiger partial charge in [0.2, 0.25) is 0 Å². The van der Waals surface area contributed by atoms with E-state index < -0.39 is 11.9 Å². The Morgan fingerprint density at radius 3 is 2.37 bits per heavy atom. The summed E-state index contributed by atoms with van der Waals surface area (Å²) in [5.41, 5.74) is 1.07. The number of thioether (sulfide) groups is 1. The molecule has 1 heterocycles. The Morgan fingerprint density at radius 1 is 1.00 bits per heavy atom. The second kappa shape index (κ2) is 9.01. The van der Waals surface area contributed by atoms with E-state index in [0.29, 0.717) is 29.4 Å². The van der Waals surface area contributed by atoms with Crippen LogP contribution in [0.15, 0.2) is 47.4 Å². The van der Waals surface area contributed by atoms with Crippen molar-refractivity contribution < 1.29 is 27.4 Å². The molecule has 0 N–H and O–H groups in total. The van der Waals surface area contributed by atoms with Crippen LogP contribution in [0.3, 0.4) is 0 Å². The maximum atomic E-state index is 13.5. The summed E-state index contributed by atoms with van der Waals surface area (Å²) in [5, 5.41) is 3.86. The van der Waals surface area contributed by atoms with Crippen LogP contribution in [0.5, 0.6) is 11.5 Å². The quantitative estimate of drug-likeness (QED) is 0.460. The second-order valence-corrected chi connectivity index (χ2v) is 7.17. The van der Waals surface area contributed by atoms with Crippen LogP contribution in [-0.2, 0) is 17.5 Å². The lowest BCUT2D eigenvalue weighted by molar-refractivity contribution is -0.141. The van der Waals surface area contributed by atoms with Gasteiger partial charge in [-0.15, -0.1) is 11.8 Å². The van der Waals surface area contributed by atoms with Gasteiger partial charge in [0.05, 0.1) is 32.2 Å². The SMILES string of the molecule is COCc1cc(-n2nc(C(F)(F)F)cc2-c2ccc(OC)cc2OC)ccc1SC. The van der Waals surface area contributed by atoms with E-state index >= 15 is 0 Å². The Labute approximate surface area is 176 Å². The molecular formula is C21H21F3N2O3S. The molecule has 9 heteroatoms. The minimum Gasteiger partial charge on any atom is -0.497 e. The number of rotatable bonds is 7. The predicted octanol–water partition coefficient (Wildman–Crippen LogP) is 5.44. The third-order valence-electron chi connectivity index (χ3n) is 4.49. The smallest absolute Gasteiger partial charge is 0.435 e. The van der Waals surface area contributed by atoms with Crippen LogP contribution in [0.1, 0.15) is 11.3 Å². The number of hydrogen-bond acceptors (Lipinski definition) is 5. The highest BCUT2D eigenvalue weighted by molar-refractivity contribution is 7.98. The number of ether oxygens (including phenoxy) is 3. The van der Waals surface area contributed by atoms with Crippen LogP contribution in [0.2, 0.25) is 0 Å². The van der Waals surface area contributed by atoms with E-state index in [1.807, 2.05) is 12.3 Å². The van der Waals surface area contributed by atoms with Crippen LogP contribution in [0, 0.1) is 0 Å². The van der Waals surface area contributed by atoms with Gasteiger partial charge in [0.15, 0.2) is 5.69 Å². The van der Waals surface area contributed by atoms with Gasteiger partial charge in [-0.05, 0) is 48.2 Å². The molecule has 0 aliphatic heterocycles. The van der Waals surface area contributed by atoms with Crippen LogP contribution in [0.25, 0.3) is 16.9 Å². The maximum absolute atomic E-state index is 13.5. The lowest BCUT2D eigenvalue weighted by Crippen LogP contribution is -2.08. The fourth-order valence-corrected chi connectivity index (χ4v) is 3.67. The Kier molecular flexibility index (Phi) is 6.62. The largest absolute Gasteiger partial charge is 0.497 e. The molecule has 0 aliphatic carbocycles. The molecule has 0 unspecified atom stereocenters. The molecule has 3 rings (SSSR count). The van der Waals surface area contributed by atoms with Crippen molar-refractivity contribution in [3.63, 3.8) is 0 Å². The maximum Gasteiger partial charge on any atom is 0.435 e. The van der Waals surface area contributed by atoms with E-state index in [-0.39, 0.29) is 5.69 Å². The summed E-state index contributed by atoms with van der Waals surface area (Å²) in [5.74, 6) is 0.909. The summed E-state index contributed by atoms with van der Waals surface area (Å²) in [6.45, 7) is 0.332. The summed E-state index contributed by atoms with van der Waals surface area (Å²) < 4.78 is 57.6. The summed E-state index contributed by atoms with van der Waals surface area (Å²) in [4.78, 5) is 0.979. The molecule has 1 aromatic heterocycles. The van der Waals surface area contributed by atoms with Crippen LogP contribution in [0.4, 0.5) is 13.2 Å². The summed E-state index contributed by atoms with van der Waals surface area (Å²) >= 11 is 1.54. The molecule has 0 amide bonds. The molecule has 0 atom stereocenters. The normalized spacial score (nSPS) is 11.6. The number of halogens is 3. The van der Waals surface area contributed by atoms with Gasteiger partial charge >= 0.3 is 6.18 Å². The molecule has 30 heavy (non-hydrogen) atoms. The van der Waals surface area contributed by atoms with Crippen molar-refractivity contribution in [1.82, 2.24) is 9.78 Å². The number of aromatic nitrogens is 2. The first-order valence-electron chi connectivity index (χ1n) is 8.88. The fraction of sp³-hybridized carbons (Fsp3) is 0.286. The van der Waals surface area contributed by atoms with E-state index in [0.717, 1.165) is 16.5 Å². The zero-order chi connectivity index (χ0) is 21.9. The number of benzene rings is 2. The highest BCUT2D eigenvalue weighted by Crippen LogP contribution is 2.38. The van der Waals surface area contributed by atoms with Gasteiger partial charge in [-0.2, -0.15) is 18.3 Å². The second-order valence-electron chi connectivity index (χ2n) is 6.32. The molecule has 0 fully saturated rings. The van der Waals surface area contributed by atoms with Gasteiger partial charge in [-0.1, -0.05) is 0 Å². The Balaban J connectivity index is 2.23. The van der Waals surface area contributed by atoms with Crippen molar-refractivity contribution in [3.05, 3.63) is 53.7 Å². The molecule has 3 aromatic rings. The van der Waals surface area contributed by atoms with Crippen LogP contribution < -0.4 is 9.47 Å². The molecule has 5 nitrogen and oxygen atoms in total. The van der Waals surface area contributed by atoms with Crippen molar-refractivity contribution in [2.75, 3.05) is 27.6 Å². The topological polar surface area (TPSA) is 45.5 Å². The molecule has 0 saturated heterocycles. The third kappa shape index (κ3) is 4.41. The van der Waals surface area contributed by atoms with Crippen LogP contribution in [-0.4, -0.2) is 37.4 Å². The molecule has 160 valence electrons. The standard InChI is InChI=1S/C21H21F3N2O3S/c1-27-12-13-9-14(5-8-19(13)30-4)26-17(11-20(25-26)21(22,23)24)16-7-6-15(28-2)10-18(16)29-3/h5-11H,12H2,1-4H3. The van der Waals surface area contributed by atoms with Gasteiger partial charge in [0.1, 0.15) is 11.5 Å². The van der Waals surface area contributed by atoms with E-state index in [2.05, 4.69) is 5.10 Å². The Hall–Kier alpha value is -2.65. The number of hydrogen-bond donors (Lipinski definition) is 0. The molecule has 0 saturated carbocycles. The van der Waals surface area contributed by atoms with Crippen molar-refractivity contribution in [2.45, 2.75) is 17.7 Å². The summed E-state index contributed by atoms with van der Waals surface area (Å²) in [6, 6.07) is 11.3. The fourth-order valence-electron chi connectivity index (χ4n) is 3.08. The first-order chi connectivity index (χ1) is 14.3. The molecule has 0 bridgehead atoms. The summed E-state index contributed by atoms with van der Waals surface area (Å²) in [6.07, 6.45) is -2.66. The monoisotopic (exact) mass is 438 g/mol. The average molecular weight is 438 g/mol. The number of alkyl halides is 3. The zero-order valence-corrected chi connectivity index (χ0v) is 17.7. The van der Waals surface area contributed by atoms with Crippen LogP contribution >= 0.6 is 11.8 Å². The van der Waals surface area contributed by atoms with E-state index in [9.17, 15) is 13.2 Å². The third-order valence-corrected chi connectivity index (χ3v) is 5.33. The highest BCUT2D eigenvalue weighted by atomic mass is 32.2. The molecular weight excluding hydrogens is 417 g/mol. The molecule has 2 aromatic carbocycles. The van der Waals surface area contributed by atoms with Crippen molar-refractivity contribution >= 4 is 11.8 Å². The minimum atomic E-state index is -4.59. The Morgan fingerprint density at radius 2 is 1.77 bits per heavy atom.